The Morgan fingerprint density at radius 3 is 2.04 bits per heavy atom. The largest absolute Gasteiger partial charge is 0.443 e. The highest BCUT2D eigenvalue weighted by molar-refractivity contribution is 6.53. The van der Waals surface area contributed by atoms with Gasteiger partial charge in [0.25, 0.3) is 5.91 Å². The van der Waals surface area contributed by atoms with E-state index in [0.717, 1.165) is 12.1 Å². The van der Waals surface area contributed by atoms with E-state index < -0.39 is 74.4 Å². The van der Waals surface area contributed by atoms with E-state index in [9.17, 15) is 24.4 Å². The van der Waals surface area contributed by atoms with Crippen LogP contribution in [0.2, 0.25) is 10.0 Å². The average molecular weight is 770 g/mol. The summed E-state index contributed by atoms with van der Waals surface area (Å²) in [7, 11) is 0. The van der Waals surface area contributed by atoms with Crippen molar-refractivity contribution in [2.45, 2.75) is 63.0 Å². The first-order valence-corrected chi connectivity index (χ1v) is 16.3. The molecule has 3 aromatic carbocycles. The van der Waals surface area contributed by atoms with Gasteiger partial charge in [0.05, 0.1) is 33.8 Å². The van der Waals surface area contributed by atoms with Gasteiger partial charge in [-0.15, -0.1) is 23.2 Å². The zero-order valence-corrected chi connectivity index (χ0v) is 30.4. The molecule has 2 atom stereocenters. The van der Waals surface area contributed by atoms with Crippen molar-refractivity contribution in [1.29, 1.82) is 5.26 Å². The van der Waals surface area contributed by atoms with Crippen molar-refractivity contribution in [3.05, 3.63) is 86.9 Å². The number of nitrogens with one attached hydrogen (secondary N) is 2. The number of rotatable bonds is 6. The van der Waals surface area contributed by atoms with Gasteiger partial charge >= 0.3 is 12.2 Å². The minimum absolute atomic E-state index is 0.0589. The van der Waals surface area contributed by atoms with Gasteiger partial charge in [-0.3, -0.25) is 9.59 Å². The van der Waals surface area contributed by atoms with Crippen molar-refractivity contribution in [1.82, 2.24) is 0 Å². The second kappa shape index (κ2) is 14.2. The number of carbonyl (C=O) groups excluding carboxylic acids is 4. The predicted molar refractivity (Wildman–Crippen MR) is 186 cm³/mol. The third kappa shape index (κ3) is 8.76. The molecule has 0 aliphatic heterocycles. The molecule has 4 amide bonds. The maximum Gasteiger partial charge on any atom is 0.424 e. The Bertz CT molecular complexity index is 1910. The Hall–Kier alpha value is -4.15. The number of carbonyl (C=O) groups is 4. The van der Waals surface area contributed by atoms with Gasteiger partial charge < -0.3 is 20.1 Å². The summed E-state index contributed by atoms with van der Waals surface area (Å²) < 4.78 is 40.0. The Morgan fingerprint density at radius 2 is 1.48 bits per heavy atom. The first kappa shape index (κ1) is 38.6. The molecule has 0 radical (unpaired) electrons. The normalized spacial score (nSPS) is 16.5. The fraction of sp³-hybridized carbons (Fsp3) is 0.324. The number of anilines is 3. The fourth-order valence-corrected chi connectivity index (χ4v) is 6.10. The van der Waals surface area contributed by atoms with Gasteiger partial charge in [-0.05, 0) is 95.6 Å². The van der Waals surface area contributed by atoms with Crippen molar-refractivity contribution in [2.24, 2.45) is 5.92 Å². The molecule has 10 nitrogen and oxygen atoms in total. The quantitative estimate of drug-likeness (QED) is 0.238. The number of hydrogen-bond donors (Lipinski definition) is 2. The molecule has 16 heteroatoms. The number of ether oxygens (including phenoxy) is 2. The van der Waals surface area contributed by atoms with Crippen LogP contribution in [-0.2, 0) is 14.3 Å². The Labute approximate surface area is 306 Å². The van der Waals surface area contributed by atoms with Crippen LogP contribution in [0.1, 0.15) is 68.9 Å². The molecule has 1 aliphatic carbocycles. The maximum atomic E-state index is 16.0. The van der Waals surface area contributed by atoms with Crippen LogP contribution in [0, 0.1) is 28.9 Å². The van der Waals surface area contributed by atoms with Gasteiger partial charge in [0.1, 0.15) is 21.2 Å². The predicted octanol–water partition coefficient (Wildman–Crippen LogP) is 9.60. The van der Waals surface area contributed by atoms with E-state index in [-0.39, 0.29) is 31.8 Å². The molecule has 0 saturated heterocycles. The van der Waals surface area contributed by atoms with Gasteiger partial charge in [0.2, 0.25) is 5.91 Å². The molecule has 1 saturated carbocycles. The third-order valence-corrected chi connectivity index (χ3v) is 8.40. The van der Waals surface area contributed by atoms with Crippen molar-refractivity contribution in [3.63, 3.8) is 0 Å². The van der Waals surface area contributed by atoms with Crippen LogP contribution >= 0.6 is 46.4 Å². The molecule has 0 unspecified atom stereocenters. The molecule has 0 heterocycles. The summed E-state index contributed by atoms with van der Waals surface area (Å²) in [5, 5.41) is 14.3. The zero-order chi connectivity index (χ0) is 37.5. The lowest BCUT2D eigenvalue weighted by Crippen LogP contribution is -2.44. The number of hydrogen-bond acceptors (Lipinski definition) is 7. The smallest absolute Gasteiger partial charge is 0.424 e. The SMILES string of the molecule is CC(C)(C)OC(=O)N(C(=O)OC(C)(C)C)c1c(F)ccc(NC(=O)c2cc(NC(=O)[C@H]3[C@H](c4cc(Cl)cc(C#N)c4)C3(Cl)Cl)ccc2Cl)c1F. The molecule has 50 heavy (non-hydrogen) atoms. The second-order valence-corrected chi connectivity index (χ2v) is 15.5. The van der Waals surface area contributed by atoms with Crippen LogP contribution in [0.5, 0.6) is 0 Å². The molecule has 264 valence electrons. The first-order chi connectivity index (χ1) is 23.0. The minimum Gasteiger partial charge on any atom is -0.443 e. The Morgan fingerprint density at radius 1 is 0.880 bits per heavy atom. The van der Waals surface area contributed by atoms with E-state index in [2.05, 4.69) is 10.6 Å². The summed E-state index contributed by atoms with van der Waals surface area (Å²) in [5.74, 6) is -6.13. The van der Waals surface area contributed by atoms with Crippen LogP contribution in [0.3, 0.4) is 0 Å². The van der Waals surface area contributed by atoms with E-state index in [1.54, 1.807) is 6.07 Å². The zero-order valence-electron chi connectivity index (χ0n) is 27.4. The standard InChI is InChI=1S/C34H30Cl4F2N4O6/c1-32(2,3)49-30(47)44(31(48)50-33(4,5)6)27-22(39)9-10-23(26(27)40)43-28(45)20-14-19(7-8-21(20)36)42-29(46)25-24(34(25,37)38)17-11-16(15-41)12-18(35)13-17/h7-14,24-25H,1-6H3,(H,42,46)(H,43,45)/t24-,25+/m0/s1. The van der Waals surface area contributed by atoms with E-state index in [4.69, 9.17) is 55.9 Å². The van der Waals surface area contributed by atoms with Gasteiger partial charge in [-0.25, -0.2) is 18.4 Å². The highest BCUT2D eigenvalue weighted by Crippen LogP contribution is 2.65. The molecule has 4 rings (SSSR count). The molecule has 0 bridgehead atoms. The van der Waals surface area contributed by atoms with Crippen molar-refractivity contribution in [3.8, 4) is 6.07 Å². The van der Waals surface area contributed by atoms with Crippen molar-refractivity contribution >= 4 is 87.5 Å². The lowest BCUT2D eigenvalue weighted by Gasteiger charge is -2.29. The van der Waals surface area contributed by atoms with Gasteiger partial charge in [-0.1, -0.05) is 23.2 Å². The summed E-state index contributed by atoms with van der Waals surface area (Å²) in [6.07, 6.45) is -2.87. The first-order valence-electron chi connectivity index (χ1n) is 14.8. The molecule has 0 aromatic heterocycles. The third-order valence-electron chi connectivity index (χ3n) is 6.91. The Balaban J connectivity index is 1.60. The van der Waals surface area contributed by atoms with Crippen LogP contribution < -0.4 is 15.5 Å². The van der Waals surface area contributed by atoms with Crippen LogP contribution in [-0.4, -0.2) is 39.5 Å². The molecule has 2 N–H and O–H groups in total. The van der Waals surface area contributed by atoms with E-state index in [1.165, 1.54) is 71.9 Å². The summed E-state index contributed by atoms with van der Waals surface area (Å²) in [4.78, 5) is 52.8. The monoisotopic (exact) mass is 768 g/mol. The summed E-state index contributed by atoms with van der Waals surface area (Å²) >= 11 is 25.3. The van der Waals surface area contributed by atoms with Gasteiger partial charge in [0, 0.05) is 16.6 Å². The van der Waals surface area contributed by atoms with E-state index in [1.807, 2.05) is 6.07 Å². The van der Waals surface area contributed by atoms with E-state index >= 15 is 8.78 Å². The van der Waals surface area contributed by atoms with Crippen LogP contribution in [0.25, 0.3) is 0 Å². The highest BCUT2D eigenvalue weighted by Gasteiger charge is 2.67. The number of amides is 4. The lowest BCUT2D eigenvalue weighted by molar-refractivity contribution is -0.117. The van der Waals surface area contributed by atoms with Gasteiger partial charge in [-0.2, -0.15) is 10.2 Å². The summed E-state index contributed by atoms with van der Waals surface area (Å²) in [6.45, 7) is 8.90. The molecular weight excluding hydrogens is 740 g/mol. The number of halogens is 6. The molecule has 3 aromatic rings. The highest BCUT2D eigenvalue weighted by atomic mass is 35.5. The number of benzene rings is 3. The minimum atomic E-state index is -1.53. The lowest BCUT2D eigenvalue weighted by atomic mass is 10.1. The van der Waals surface area contributed by atoms with Crippen LogP contribution in [0.4, 0.5) is 35.4 Å². The molecular formula is C34H30Cl4F2N4O6. The van der Waals surface area contributed by atoms with Crippen LogP contribution in [0.15, 0.2) is 48.5 Å². The molecule has 1 fully saturated rings. The van der Waals surface area contributed by atoms with Crippen molar-refractivity contribution < 1.29 is 37.4 Å². The summed E-state index contributed by atoms with van der Waals surface area (Å²) in [6, 6.07) is 12.0. The number of imide groups is 1. The maximum absolute atomic E-state index is 16.0. The number of nitriles is 1. The number of alkyl halides is 2. The topological polar surface area (TPSA) is 138 Å². The molecule has 1 aliphatic rings. The molecule has 0 spiro atoms. The second-order valence-electron chi connectivity index (χ2n) is 13.2. The average Bonchev–Trinajstić information content (AvgIpc) is 3.57. The fourth-order valence-electron chi connectivity index (χ4n) is 4.83. The van der Waals surface area contributed by atoms with Crippen molar-refractivity contribution in [2.75, 3.05) is 15.5 Å². The Kier molecular flexibility index (Phi) is 11.0. The summed E-state index contributed by atoms with van der Waals surface area (Å²) in [5.41, 5.74) is -3.56. The van der Waals surface area contributed by atoms with Gasteiger partial charge in [0.15, 0.2) is 11.6 Å². The van der Waals surface area contributed by atoms with E-state index in [0.29, 0.717) is 5.56 Å². The number of nitrogens with zero attached hydrogens (tertiary/aromatic N) is 2.